The molecule has 20 heavy (non-hydrogen) atoms. The Morgan fingerprint density at radius 3 is 2.20 bits per heavy atom. The molecule has 0 aliphatic carbocycles. The third-order valence-electron chi connectivity index (χ3n) is 3.69. The molecule has 5 nitrogen and oxygen atoms in total. The maximum atomic E-state index is 12.1. The molecule has 0 aromatic heterocycles. The predicted molar refractivity (Wildman–Crippen MR) is 78.3 cm³/mol. The van der Waals surface area contributed by atoms with Gasteiger partial charge in [0.15, 0.2) is 0 Å². The summed E-state index contributed by atoms with van der Waals surface area (Å²) in [7, 11) is 0. The predicted octanol–water partition coefficient (Wildman–Crippen LogP) is 0.928. The topological polar surface area (TPSA) is 95.6 Å². The van der Waals surface area contributed by atoms with Gasteiger partial charge >= 0.3 is 0 Å². The largest absolute Gasteiger partial charge is 0.508 e. The van der Waals surface area contributed by atoms with Crippen LogP contribution in [0.3, 0.4) is 0 Å². The average molecular weight is 280 g/mol. The van der Waals surface area contributed by atoms with Gasteiger partial charge < -0.3 is 21.3 Å². The summed E-state index contributed by atoms with van der Waals surface area (Å²) >= 11 is 0. The molecule has 0 fully saturated rings. The summed E-state index contributed by atoms with van der Waals surface area (Å²) in [5.41, 5.74) is 4.91. The fourth-order valence-electron chi connectivity index (χ4n) is 1.53. The number of hydrogen-bond donors (Lipinski definition) is 4. The maximum absolute atomic E-state index is 12.1. The van der Waals surface area contributed by atoms with E-state index in [1.54, 1.807) is 52.0 Å². The van der Waals surface area contributed by atoms with Crippen LogP contribution in [0, 0.1) is 0 Å². The third kappa shape index (κ3) is 4.21. The number of nitrogens with two attached hydrogens (primary N) is 1. The number of phenolic OH excluding ortho intramolecular Hbond substituents is 1. The van der Waals surface area contributed by atoms with Crippen LogP contribution in [0.15, 0.2) is 24.3 Å². The van der Waals surface area contributed by atoms with Crippen molar-refractivity contribution in [3.63, 3.8) is 0 Å². The van der Waals surface area contributed by atoms with Crippen molar-refractivity contribution < 1.29 is 15.0 Å². The first-order valence-electron chi connectivity index (χ1n) is 6.61. The number of hydrogen-bond acceptors (Lipinski definition) is 4. The Morgan fingerprint density at radius 1 is 1.25 bits per heavy atom. The smallest absolute Gasteiger partial charge is 0.237 e. The molecule has 0 unspecified atom stereocenters. The number of aliphatic hydroxyl groups is 1. The zero-order valence-corrected chi connectivity index (χ0v) is 12.5. The van der Waals surface area contributed by atoms with Crippen molar-refractivity contribution in [3.8, 4) is 5.75 Å². The van der Waals surface area contributed by atoms with Crippen LogP contribution in [0.1, 0.15) is 33.3 Å². The van der Waals surface area contributed by atoms with E-state index in [1.165, 1.54) is 0 Å². The molecule has 0 radical (unpaired) electrons. The second-order valence-electron chi connectivity index (χ2n) is 6.15. The molecule has 1 aromatic rings. The summed E-state index contributed by atoms with van der Waals surface area (Å²) in [6.45, 7) is 6.77. The number of carbonyl (C=O) groups is 1. The normalized spacial score (nSPS) is 13.9. The molecule has 1 atom stereocenters. The van der Waals surface area contributed by atoms with Crippen LogP contribution in [-0.4, -0.2) is 33.3 Å². The van der Waals surface area contributed by atoms with E-state index >= 15 is 0 Å². The quantitative estimate of drug-likeness (QED) is 0.645. The van der Waals surface area contributed by atoms with Gasteiger partial charge in [0.2, 0.25) is 5.91 Å². The van der Waals surface area contributed by atoms with Crippen LogP contribution in [0.4, 0.5) is 0 Å². The maximum Gasteiger partial charge on any atom is 0.237 e. The molecule has 1 rings (SSSR count). The summed E-state index contributed by atoms with van der Waals surface area (Å²) in [4.78, 5) is 12.1. The molecule has 0 saturated carbocycles. The van der Waals surface area contributed by atoms with E-state index in [0.29, 0.717) is 6.42 Å². The molecule has 0 spiro atoms. The second kappa shape index (κ2) is 5.81. The Balaban J connectivity index is 2.66. The van der Waals surface area contributed by atoms with Gasteiger partial charge in [-0.2, -0.15) is 0 Å². The monoisotopic (exact) mass is 280 g/mol. The Kier molecular flexibility index (Phi) is 4.78. The first-order chi connectivity index (χ1) is 9.03. The number of amides is 1. The standard InChI is InChI=1S/C15H24N2O3/c1-14(2,15(3,4)20)17-13(19)12(16)9-10-5-7-11(18)8-6-10/h5-8,12,18,20H,9,16H2,1-4H3,(H,17,19)/t12-/m1/s1. The van der Waals surface area contributed by atoms with Crippen LogP contribution in [0.2, 0.25) is 0 Å². The molecule has 0 bridgehead atoms. The summed E-state index contributed by atoms with van der Waals surface area (Å²) < 4.78 is 0. The fourth-order valence-corrected chi connectivity index (χ4v) is 1.53. The van der Waals surface area contributed by atoms with Gasteiger partial charge in [0.1, 0.15) is 5.75 Å². The van der Waals surface area contributed by atoms with Gasteiger partial charge in [-0.25, -0.2) is 0 Å². The second-order valence-corrected chi connectivity index (χ2v) is 6.15. The minimum absolute atomic E-state index is 0.176. The summed E-state index contributed by atoms with van der Waals surface area (Å²) in [6.07, 6.45) is 0.369. The summed E-state index contributed by atoms with van der Waals surface area (Å²) in [5.74, 6) is -0.139. The van der Waals surface area contributed by atoms with Crippen molar-refractivity contribution in [1.29, 1.82) is 0 Å². The highest BCUT2D eigenvalue weighted by molar-refractivity contribution is 5.82. The van der Waals surface area contributed by atoms with Crippen LogP contribution >= 0.6 is 0 Å². The number of aromatic hydroxyl groups is 1. The Morgan fingerprint density at radius 2 is 1.75 bits per heavy atom. The molecule has 112 valence electrons. The highest BCUT2D eigenvalue weighted by Crippen LogP contribution is 2.20. The fraction of sp³-hybridized carbons (Fsp3) is 0.533. The number of nitrogens with one attached hydrogen (secondary N) is 1. The molecular formula is C15H24N2O3. The number of carbonyl (C=O) groups excluding carboxylic acids is 1. The Hall–Kier alpha value is -1.59. The van der Waals surface area contributed by atoms with E-state index in [1.807, 2.05) is 0 Å². The van der Waals surface area contributed by atoms with E-state index < -0.39 is 17.2 Å². The van der Waals surface area contributed by atoms with Crippen LogP contribution < -0.4 is 11.1 Å². The highest BCUT2D eigenvalue weighted by atomic mass is 16.3. The van der Waals surface area contributed by atoms with Gasteiger partial charge in [-0.05, 0) is 51.8 Å². The van der Waals surface area contributed by atoms with Gasteiger partial charge in [0, 0.05) is 0 Å². The van der Waals surface area contributed by atoms with Crippen molar-refractivity contribution in [1.82, 2.24) is 5.32 Å². The molecule has 0 heterocycles. The van der Waals surface area contributed by atoms with Crippen molar-refractivity contribution in [3.05, 3.63) is 29.8 Å². The number of benzene rings is 1. The van der Waals surface area contributed by atoms with E-state index in [-0.39, 0.29) is 11.7 Å². The van der Waals surface area contributed by atoms with Gasteiger partial charge in [0.05, 0.1) is 17.2 Å². The van der Waals surface area contributed by atoms with Gasteiger partial charge in [0.25, 0.3) is 0 Å². The minimum atomic E-state index is -1.05. The SMILES string of the molecule is CC(C)(O)C(C)(C)NC(=O)[C@H](N)Cc1ccc(O)cc1. The van der Waals surface area contributed by atoms with Gasteiger partial charge in [-0.1, -0.05) is 12.1 Å². The van der Waals surface area contributed by atoms with Crippen LogP contribution in [0.5, 0.6) is 5.75 Å². The van der Waals surface area contributed by atoms with E-state index in [9.17, 15) is 15.0 Å². The van der Waals surface area contributed by atoms with Crippen LogP contribution in [0.25, 0.3) is 0 Å². The lowest BCUT2D eigenvalue weighted by Gasteiger charge is -2.38. The third-order valence-corrected chi connectivity index (χ3v) is 3.69. The van der Waals surface area contributed by atoms with Crippen molar-refractivity contribution in [2.75, 3.05) is 0 Å². The van der Waals surface area contributed by atoms with E-state index in [2.05, 4.69) is 5.32 Å². The first kappa shape index (κ1) is 16.5. The number of rotatable bonds is 5. The Labute approximate surface area is 119 Å². The lowest BCUT2D eigenvalue weighted by Crippen LogP contribution is -2.60. The van der Waals surface area contributed by atoms with Crippen LogP contribution in [-0.2, 0) is 11.2 Å². The van der Waals surface area contributed by atoms with Gasteiger partial charge in [-0.15, -0.1) is 0 Å². The Bertz CT molecular complexity index is 461. The molecule has 0 saturated heterocycles. The van der Waals surface area contributed by atoms with E-state index in [0.717, 1.165) is 5.56 Å². The van der Waals surface area contributed by atoms with Crippen molar-refractivity contribution >= 4 is 5.91 Å². The van der Waals surface area contributed by atoms with Gasteiger partial charge in [-0.3, -0.25) is 4.79 Å². The first-order valence-corrected chi connectivity index (χ1v) is 6.61. The molecular weight excluding hydrogens is 256 g/mol. The molecule has 5 N–H and O–H groups in total. The molecule has 5 heteroatoms. The highest BCUT2D eigenvalue weighted by Gasteiger charge is 2.37. The zero-order valence-electron chi connectivity index (χ0n) is 12.5. The number of phenols is 1. The molecule has 0 aliphatic rings. The minimum Gasteiger partial charge on any atom is -0.508 e. The zero-order chi connectivity index (χ0) is 15.6. The van der Waals surface area contributed by atoms with Crippen molar-refractivity contribution in [2.24, 2.45) is 5.73 Å². The lowest BCUT2D eigenvalue weighted by molar-refractivity contribution is -0.127. The molecule has 0 aliphatic heterocycles. The van der Waals surface area contributed by atoms with E-state index in [4.69, 9.17) is 5.73 Å². The summed E-state index contributed by atoms with van der Waals surface area (Å²) in [5, 5.41) is 22.0. The average Bonchev–Trinajstić information content (AvgIpc) is 2.30. The summed E-state index contributed by atoms with van der Waals surface area (Å²) in [6, 6.07) is 5.86. The van der Waals surface area contributed by atoms with Crippen molar-refractivity contribution in [2.45, 2.75) is 51.3 Å². The molecule has 1 aromatic carbocycles. The molecule has 1 amide bonds. The lowest BCUT2D eigenvalue weighted by atomic mass is 9.85.